The van der Waals surface area contributed by atoms with Crippen molar-refractivity contribution in [3.05, 3.63) is 36.5 Å². The number of H-pyrrole nitrogens is 1. The van der Waals surface area contributed by atoms with Crippen molar-refractivity contribution in [3.63, 3.8) is 0 Å². The summed E-state index contributed by atoms with van der Waals surface area (Å²) in [7, 11) is -3.52. The van der Waals surface area contributed by atoms with Gasteiger partial charge in [0, 0.05) is 23.6 Å². The Hall–Kier alpha value is -3.05. The first kappa shape index (κ1) is 18.9. The maximum absolute atomic E-state index is 14.7. The number of hydrogen-bond donors (Lipinski definition) is 1. The van der Waals surface area contributed by atoms with Crippen LogP contribution < -0.4 is 4.74 Å². The van der Waals surface area contributed by atoms with Gasteiger partial charge in [-0.05, 0) is 12.1 Å². The lowest BCUT2D eigenvalue weighted by atomic mass is 10.1. The second-order valence-electron chi connectivity index (χ2n) is 7.34. The number of fused-ring (bicyclic) bond motifs is 3. The number of carbonyl (C=O) groups is 1. The average molecular weight is 432 g/mol. The van der Waals surface area contributed by atoms with E-state index < -0.39 is 15.7 Å². The Morgan fingerprint density at radius 1 is 1.33 bits per heavy atom. The second-order valence-corrected chi connectivity index (χ2v) is 9.36. The number of nitrogens with zero attached hydrogens (tertiary/aromatic N) is 3. The summed E-state index contributed by atoms with van der Waals surface area (Å²) in [5.74, 6) is -0.401. The van der Waals surface area contributed by atoms with Gasteiger partial charge in [0.1, 0.15) is 29.3 Å². The summed E-state index contributed by atoms with van der Waals surface area (Å²) in [6, 6.07) is 3.56. The molecule has 156 valence electrons. The maximum atomic E-state index is 14.7. The molecule has 0 spiro atoms. The summed E-state index contributed by atoms with van der Waals surface area (Å²) in [4.78, 5) is 24.2. The van der Waals surface area contributed by atoms with E-state index in [1.165, 1.54) is 18.5 Å². The lowest BCUT2D eigenvalue weighted by Crippen LogP contribution is -2.38. The van der Waals surface area contributed by atoms with E-state index in [1.807, 2.05) is 0 Å². The minimum atomic E-state index is -3.52. The van der Waals surface area contributed by atoms with Crippen LogP contribution in [0.4, 0.5) is 4.39 Å². The minimum absolute atomic E-state index is 0.0984. The molecule has 2 bridgehead atoms. The number of sulfone groups is 1. The third kappa shape index (κ3) is 2.92. The SMILES string of the molecule is CS(=O)(=O)c1ccc(-c2c[nH]c3c(OC4C5CN(C=O)C4CO5)ncnc23)c(F)c1. The average Bonchev–Trinajstić information content (AvgIpc) is 3.40. The smallest absolute Gasteiger partial charge is 0.241 e. The lowest BCUT2D eigenvalue weighted by Gasteiger charge is -2.21. The molecule has 0 aliphatic carbocycles. The molecule has 2 aliphatic heterocycles. The zero-order valence-electron chi connectivity index (χ0n) is 15.8. The predicted octanol–water partition coefficient (Wildman–Crippen LogP) is 1.15. The molecule has 2 saturated heterocycles. The van der Waals surface area contributed by atoms with Crippen LogP contribution in [0.2, 0.25) is 0 Å². The van der Waals surface area contributed by atoms with Crippen LogP contribution in [-0.2, 0) is 19.4 Å². The fourth-order valence-electron chi connectivity index (χ4n) is 4.00. The standard InChI is InChI=1S/C19H17FN4O5S/c1-30(26,27)10-2-3-11(13(20)4-10)12-5-21-17-16(12)22-8-23-19(17)29-18-14-7-28-15(18)6-24(14)9-25/h2-5,8-9,14-15,18,21H,6-7H2,1H3. The number of amides is 1. The van der Waals surface area contributed by atoms with E-state index >= 15 is 0 Å². The van der Waals surface area contributed by atoms with Gasteiger partial charge in [0.2, 0.25) is 12.3 Å². The molecule has 3 atom stereocenters. The van der Waals surface area contributed by atoms with Crippen LogP contribution >= 0.6 is 0 Å². The van der Waals surface area contributed by atoms with Crippen molar-refractivity contribution in [1.29, 1.82) is 0 Å². The van der Waals surface area contributed by atoms with Crippen molar-refractivity contribution in [2.75, 3.05) is 19.4 Å². The highest BCUT2D eigenvalue weighted by atomic mass is 32.2. The van der Waals surface area contributed by atoms with Crippen molar-refractivity contribution in [2.45, 2.75) is 23.1 Å². The zero-order valence-corrected chi connectivity index (χ0v) is 16.6. The van der Waals surface area contributed by atoms with Gasteiger partial charge in [-0.25, -0.2) is 17.8 Å². The number of morpholine rings is 1. The molecule has 2 fully saturated rings. The Balaban J connectivity index is 1.51. The highest BCUT2D eigenvalue weighted by Crippen LogP contribution is 2.36. The van der Waals surface area contributed by atoms with Crippen LogP contribution in [0.25, 0.3) is 22.2 Å². The summed E-state index contributed by atoms with van der Waals surface area (Å²) in [6.07, 6.45) is 4.10. The third-order valence-electron chi connectivity index (χ3n) is 5.51. The number of hydrogen-bond acceptors (Lipinski definition) is 7. The highest BCUT2D eigenvalue weighted by Gasteiger charge is 2.50. The molecule has 5 rings (SSSR count). The van der Waals surface area contributed by atoms with E-state index in [0.29, 0.717) is 29.7 Å². The molecular formula is C19H17FN4O5S. The first-order valence-electron chi connectivity index (χ1n) is 9.18. The number of halogens is 1. The van der Waals surface area contributed by atoms with Crippen LogP contribution in [0.3, 0.4) is 0 Å². The van der Waals surface area contributed by atoms with Gasteiger partial charge in [0.15, 0.2) is 15.9 Å². The molecule has 1 aromatic carbocycles. The summed E-state index contributed by atoms with van der Waals surface area (Å²) in [5, 5.41) is 0. The van der Waals surface area contributed by atoms with Gasteiger partial charge in [-0.3, -0.25) is 4.79 Å². The monoisotopic (exact) mass is 432 g/mol. The molecule has 0 saturated carbocycles. The molecule has 2 aliphatic rings. The Morgan fingerprint density at radius 3 is 2.87 bits per heavy atom. The predicted molar refractivity (Wildman–Crippen MR) is 103 cm³/mol. The molecule has 0 radical (unpaired) electrons. The summed E-state index contributed by atoms with van der Waals surface area (Å²) >= 11 is 0. The first-order chi connectivity index (χ1) is 14.4. The van der Waals surface area contributed by atoms with E-state index in [-0.39, 0.29) is 34.6 Å². The molecule has 1 N–H and O–H groups in total. The lowest BCUT2D eigenvalue weighted by molar-refractivity contribution is -0.122. The van der Waals surface area contributed by atoms with Gasteiger partial charge in [-0.1, -0.05) is 6.07 Å². The van der Waals surface area contributed by atoms with Crippen molar-refractivity contribution in [2.24, 2.45) is 0 Å². The third-order valence-corrected chi connectivity index (χ3v) is 6.62. The molecule has 4 heterocycles. The Labute approximate surface area is 170 Å². The molecule has 9 nitrogen and oxygen atoms in total. The Bertz CT molecular complexity index is 1260. The van der Waals surface area contributed by atoms with Crippen LogP contribution in [0.5, 0.6) is 5.88 Å². The minimum Gasteiger partial charge on any atom is -0.468 e. The van der Waals surface area contributed by atoms with Gasteiger partial charge in [0.25, 0.3) is 0 Å². The van der Waals surface area contributed by atoms with Crippen LogP contribution in [0.15, 0.2) is 35.6 Å². The Morgan fingerprint density at radius 2 is 2.17 bits per heavy atom. The van der Waals surface area contributed by atoms with E-state index in [1.54, 1.807) is 11.1 Å². The maximum Gasteiger partial charge on any atom is 0.241 e. The number of nitrogens with one attached hydrogen (secondary N) is 1. The molecule has 2 aromatic heterocycles. The topological polar surface area (TPSA) is 114 Å². The van der Waals surface area contributed by atoms with Gasteiger partial charge in [-0.2, -0.15) is 4.98 Å². The largest absolute Gasteiger partial charge is 0.468 e. The van der Waals surface area contributed by atoms with Gasteiger partial charge < -0.3 is 19.4 Å². The summed E-state index contributed by atoms with van der Waals surface area (Å²) in [6.45, 7) is 0.858. The molecular weight excluding hydrogens is 415 g/mol. The number of aromatic amines is 1. The number of aromatic nitrogens is 3. The first-order valence-corrected chi connectivity index (χ1v) is 11.1. The fraction of sp³-hybridized carbons (Fsp3) is 0.316. The molecule has 3 unspecified atom stereocenters. The van der Waals surface area contributed by atoms with Crippen molar-refractivity contribution < 1.29 is 27.1 Å². The molecule has 30 heavy (non-hydrogen) atoms. The number of rotatable bonds is 5. The summed E-state index contributed by atoms with van der Waals surface area (Å²) < 4.78 is 49.7. The van der Waals surface area contributed by atoms with Crippen LogP contribution in [0, 0.1) is 5.82 Å². The molecule has 11 heteroatoms. The quantitative estimate of drug-likeness (QED) is 0.602. The van der Waals surface area contributed by atoms with Crippen molar-refractivity contribution >= 4 is 27.3 Å². The normalized spacial score (nSPS) is 23.3. The summed E-state index contributed by atoms with van der Waals surface area (Å²) in [5.41, 5.74) is 1.57. The zero-order chi connectivity index (χ0) is 21.0. The number of carbonyl (C=O) groups excluding carboxylic acids is 1. The van der Waals surface area contributed by atoms with Crippen molar-refractivity contribution in [3.8, 4) is 17.0 Å². The second kappa shape index (κ2) is 6.74. The number of likely N-dealkylation sites (tertiary alicyclic amines) is 1. The molecule has 1 amide bonds. The van der Waals surface area contributed by atoms with Gasteiger partial charge in [-0.15, -0.1) is 0 Å². The van der Waals surface area contributed by atoms with Crippen molar-refractivity contribution in [1.82, 2.24) is 19.9 Å². The molecule has 3 aromatic rings. The van der Waals surface area contributed by atoms with Crippen LogP contribution in [-0.4, -0.2) is 72.3 Å². The van der Waals surface area contributed by atoms with E-state index in [2.05, 4.69) is 15.0 Å². The fourth-order valence-corrected chi connectivity index (χ4v) is 4.64. The Kier molecular flexibility index (Phi) is 4.26. The highest BCUT2D eigenvalue weighted by molar-refractivity contribution is 7.90. The van der Waals surface area contributed by atoms with Crippen LogP contribution in [0.1, 0.15) is 0 Å². The van der Waals surface area contributed by atoms with Gasteiger partial charge in [0.05, 0.1) is 24.1 Å². The van der Waals surface area contributed by atoms with Gasteiger partial charge >= 0.3 is 0 Å². The van der Waals surface area contributed by atoms with E-state index in [0.717, 1.165) is 18.7 Å². The number of benzene rings is 1. The van der Waals surface area contributed by atoms with E-state index in [9.17, 15) is 17.6 Å². The number of ether oxygens (including phenoxy) is 2. The van der Waals surface area contributed by atoms with E-state index in [4.69, 9.17) is 9.47 Å².